The molecule has 7 heteroatoms. The molecule has 26 heavy (non-hydrogen) atoms. The molecule has 1 saturated heterocycles. The highest BCUT2D eigenvalue weighted by atomic mass is 35.5. The van der Waals surface area contributed by atoms with E-state index in [0.717, 1.165) is 37.4 Å². The van der Waals surface area contributed by atoms with E-state index in [2.05, 4.69) is 10.2 Å². The molecule has 0 spiro atoms. The molecule has 0 radical (unpaired) electrons. The number of alkyl carbamates (subject to hydrolysis) is 1. The fourth-order valence-corrected chi connectivity index (χ4v) is 3.17. The van der Waals surface area contributed by atoms with Gasteiger partial charge in [-0.2, -0.15) is 0 Å². The Morgan fingerprint density at radius 3 is 2.88 bits per heavy atom. The van der Waals surface area contributed by atoms with E-state index in [9.17, 15) is 4.79 Å². The molecule has 1 aliphatic rings. The zero-order valence-electron chi connectivity index (χ0n) is 15.8. The highest BCUT2D eigenvalue weighted by Gasteiger charge is 2.25. The number of amides is 1. The van der Waals surface area contributed by atoms with E-state index in [0.29, 0.717) is 17.5 Å². The van der Waals surface area contributed by atoms with Gasteiger partial charge in [-0.1, -0.05) is 11.6 Å². The molecule has 0 saturated carbocycles. The van der Waals surface area contributed by atoms with Crippen molar-refractivity contribution in [2.24, 2.45) is 5.92 Å². The summed E-state index contributed by atoms with van der Waals surface area (Å²) in [6.07, 6.45) is 0.647. The molecule has 0 unspecified atom stereocenters. The number of halogens is 1. The van der Waals surface area contributed by atoms with Gasteiger partial charge in [0.2, 0.25) is 0 Å². The van der Waals surface area contributed by atoms with Gasteiger partial charge >= 0.3 is 6.09 Å². The van der Waals surface area contributed by atoms with Crippen LogP contribution in [0.5, 0.6) is 5.75 Å². The Labute approximate surface area is 160 Å². The summed E-state index contributed by atoms with van der Waals surface area (Å²) in [5, 5.41) is 12.5. The molecule has 1 aromatic carbocycles. The molecular formula is C19H29ClN2O4. The van der Waals surface area contributed by atoms with Crippen LogP contribution in [0.15, 0.2) is 18.2 Å². The van der Waals surface area contributed by atoms with Gasteiger partial charge in [-0.3, -0.25) is 4.90 Å². The number of aliphatic hydroxyl groups is 1. The van der Waals surface area contributed by atoms with Crippen molar-refractivity contribution in [2.75, 3.05) is 32.8 Å². The fourth-order valence-electron chi connectivity index (χ4n) is 2.97. The summed E-state index contributed by atoms with van der Waals surface area (Å²) in [6, 6.07) is 5.53. The monoisotopic (exact) mass is 384 g/mol. The van der Waals surface area contributed by atoms with Gasteiger partial charge in [-0.15, -0.1) is 0 Å². The van der Waals surface area contributed by atoms with Crippen molar-refractivity contribution in [3.63, 3.8) is 0 Å². The predicted octanol–water partition coefficient (Wildman–Crippen LogP) is 3.06. The maximum Gasteiger partial charge on any atom is 0.407 e. The zero-order chi connectivity index (χ0) is 19.2. The maximum atomic E-state index is 11.8. The van der Waals surface area contributed by atoms with E-state index in [4.69, 9.17) is 26.2 Å². The fraction of sp³-hybridized carbons (Fsp3) is 0.632. The average Bonchev–Trinajstić information content (AvgIpc) is 2.98. The van der Waals surface area contributed by atoms with Crippen LogP contribution in [0.1, 0.15) is 32.8 Å². The van der Waals surface area contributed by atoms with Crippen molar-refractivity contribution in [3.05, 3.63) is 28.8 Å². The molecule has 1 atom stereocenters. The van der Waals surface area contributed by atoms with Crippen LogP contribution in [0.2, 0.25) is 5.02 Å². The van der Waals surface area contributed by atoms with Crippen molar-refractivity contribution in [2.45, 2.75) is 39.3 Å². The largest absolute Gasteiger partial charge is 0.491 e. The summed E-state index contributed by atoms with van der Waals surface area (Å²) in [7, 11) is 0. The first kappa shape index (κ1) is 20.8. The standard InChI is InChI=1S/C19H29ClN2O4/c1-19(2,3)26-18(24)21-11-14-6-7-22(12-14)13-15-10-16(20)4-5-17(15)25-9-8-23/h4-5,10,14,23H,6-9,11-13H2,1-3H3,(H,21,24)/t14-/m1/s1. The molecule has 0 bridgehead atoms. The summed E-state index contributed by atoms with van der Waals surface area (Å²) in [5.74, 6) is 1.14. The van der Waals surface area contributed by atoms with Crippen LogP contribution in [0.3, 0.4) is 0 Å². The lowest BCUT2D eigenvalue weighted by molar-refractivity contribution is 0.0519. The van der Waals surface area contributed by atoms with Crippen molar-refractivity contribution in [1.82, 2.24) is 10.2 Å². The van der Waals surface area contributed by atoms with E-state index in [-0.39, 0.29) is 19.3 Å². The van der Waals surface area contributed by atoms with Gasteiger partial charge in [-0.25, -0.2) is 4.79 Å². The molecule has 0 aromatic heterocycles. The summed E-state index contributed by atoms with van der Waals surface area (Å²) in [5.41, 5.74) is 0.523. The summed E-state index contributed by atoms with van der Waals surface area (Å²) in [4.78, 5) is 14.1. The maximum absolute atomic E-state index is 11.8. The number of aliphatic hydroxyl groups excluding tert-OH is 1. The Bertz CT molecular complexity index is 604. The summed E-state index contributed by atoms with van der Waals surface area (Å²) in [6.45, 7) is 8.97. The van der Waals surface area contributed by atoms with Crippen LogP contribution in [0.4, 0.5) is 4.79 Å². The van der Waals surface area contributed by atoms with Crippen LogP contribution in [-0.4, -0.2) is 54.5 Å². The molecular weight excluding hydrogens is 356 g/mol. The van der Waals surface area contributed by atoms with Crippen molar-refractivity contribution >= 4 is 17.7 Å². The lowest BCUT2D eigenvalue weighted by atomic mass is 10.1. The lowest BCUT2D eigenvalue weighted by Crippen LogP contribution is -2.36. The van der Waals surface area contributed by atoms with Crippen LogP contribution < -0.4 is 10.1 Å². The first-order valence-corrected chi connectivity index (χ1v) is 9.36. The molecule has 2 rings (SSSR count). The second-order valence-electron chi connectivity index (χ2n) is 7.60. The van der Waals surface area contributed by atoms with Gasteiger partial charge in [0.25, 0.3) is 0 Å². The second-order valence-corrected chi connectivity index (χ2v) is 8.03. The number of hydrogen-bond acceptors (Lipinski definition) is 5. The van der Waals surface area contributed by atoms with Gasteiger partial charge in [0, 0.05) is 30.2 Å². The normalized spacial score (nSPS) is 18.0. The third-order valence-corrected chi connectivity index (χ3v) is 4.30. The molecule has 1 aromatic rings. The van der Waals surface area contributed by atoms with E-state index >= 15 is 0 Å². The number of rotatable bonds is 7. The first-order valence-electron chi connectivity index (χ1n) is 8.98. The number of nitrogens with one attached hydrogen (secondary N) is 1. The van der Waals surface area contributed by atoms with E-state index < -0.39 is 5.60 Å². The summed E-state index contributed by atoms with van der Waals surface area (Å²) < 4.78 is 10.9. The Kier molecular flexibility index (Phi) is 7.55. The number of likely N-dealkylation sites (tertiary alicyclic amines) is 1. The molecule has 1 fully saturated rings. The van der Waals surface area contributed by atoms with Gasteiger partial charge in [0.15, 0.2) is 0 Å². The Hall–Kier alpha value is -1.50. The first-order chi connectivity index (χ1) is 12.3. The molecule has 2 N–H and O–H groups in total. The minimum absolute atomic E-state index is 0.0236. The average molecular weight is 385 g/mol. The minimum Gasteiger partial charge on any atom is -0.491 e. The second kappa shape index (κ2) is 9.44. The lowest BCUT2D eigenvalue weighted by Gasteiger charge is -2.21. The number of ether oxygens (including phenoxy) is 2. The molecule has 146 valence electrons. The van der Waals surface area contributed by atoms with Gasteiger partial charge in [0.05, 0.1) is 6.61 Å². The number of hydrogen-bond donors (Lipinski definition) is 2. The molecule has 1 heterocycles. The minimum atomic E-state index is -0.483. The van der Waals surface area contributed by atoms with E-state index in [1.165, 1.54) is 0 Å². The molecule has 0 aliphatic carbocycles. The quantitative estimate of drug-likeness (QED) is 0.756. The molecule has 1 aliphatic heterocycles. The third kappa shape index (κ3) is 7.02. The molecule has 6 nitrogen and oxygen atoms in total. The van der Waals surface area contributed by atoms with Gasteiger partial charge < -0.3 is 19.9 Å². The van der Waals surface area contributed by atoms with Crippen molar-refractivity contribution in [3.8, 4) is 5.75 Å². The SMILES string of the molecule is CC(C)(C)OC(=O)NC[C@H]1CCN(Cc2cc(Cl)ccc2OCCO)C1. The predicted molar refractivity (Wildman–Crippen MR) is 102 cm³/mol. The van der Waals surface area contributed by atoms with Crippen molar-refractivity contribution in [1.29, 1.82) is 0 Å². The third-order valence-electron chi connectivity index (χ3n) is 4.07. The Morgan fingerprint density at radius 1 is 1.42 bits per heavy atom. The number of nitrogens with zero attached hydrogens (tertiary/aromatic N) is 1. The van der Waals surface area contributed by atoms with Gasteiger partial charge in [0.1, 0.15) is 18.0 Å². The topological polar surface area (TPSA) is 71.0 Å². The number of benzene rings is 1. The Morgan fingerprint density at radius 2 is 2.19 bits per heavy atom. The smallest absolute Gasteiger partial charge is 0.407 e. The van der Waals surface area contributed by atoms with Gasteiger partial charge in [-0.05, 0) is 57.9 Å². The highest BCUT2D eigenvalue weighted by molar-refractivity contribution is 6.30. The highest BCUT2D eigenvalue weighted by Crippen LogP contribution is 2.27. The van der Waals surface area contributed by atoms with E-state index in [1.54, 1.807) is 6.07 Å². The number of carbonyl (C=O) groups is 1. The van der Waals surface area contributed by atoms with Crippen LogP contribution >= 0.6 is 11.6 Å². The zero-order valence-corrected chi connectivity index (χ0v) is 16.5. The van der Waals surface area contributed by atoms with Crippen LogP contribution in [0.25, 0.3) is 0 Å². The molecule has 1 amide bonds. The number of carbonyl (C=O) groups excluding carboxylic acids is 1. The van der Waals surface area contributed by atoms with Crippen LogP contribution in [-0.2, 0) is 11.3 Å². The van der Waals surface area contributed by atoms with Crippen molar-refractivity contribution < 1.29 is 19.4 Å². The summed E-state index contributed by atoms with van der Waals surface area (Å²) >= 11 is 6.12. The Balaban J connectivity index is 1.84. The van der Waals surface area contributed by atoms with Crippen LogP contribution in [0, 0.1) is 5.92 Å². The van der Waals surface area contributed by atoms with E-state index in [1.807, 2.05) is 32.9 Å².